The Labute approximate surface area is 156 Å². The quantitative estimate of drug-likeness (QED) is 0.781. The van der Waals surface area contributed by atoms with Gasteiger partial charge in [0.25, 0.3) is 10.0 Å². The number of aryl methyl sites for hydroxylation is 1. The van der Waals surface area contributed by atoms with E-state index < -0.39 is 22.5 Å². The van der Waals surface area contributed by atoms with E-state index in [0.717, 1.165) is 4.31 Å². The number of carbonyl (C=O) groups excluding carboxylic acids is 1. The third-order valence-corrected chi connectivity index (χ3v) is 5.49. The topological polar surface area (TPSA) is 104 Å². The highest BCUT2D eigenvalue weighted by Crippen LogP contribution is 2.29. The molecule has 0 aliphatic rings. The third kappa shape index (κ3) is 4.53. The summed E-state index contributed by atoms with van der Waals surface area (Å²) in [5.41, 5.74) is 1.18. The van der Waals surface area contributed by atoms with Gasteiger partial charge in [0.05, 0.1) is 10.6 Å². The van der Waals surface area contributed by atoms with E-state index in [9.17, 15) is 23.1 Å². The van der Waals surface area contributed by atoms with Gasteiger partial charge in [-0.15, -0.1) is 0 Å². The Morgan fingerprint density at radius 2 is 1.77 bits per heavy atom. The van der Waals surface area contributed by atoms with E-state index in [0.29, 0.717) is 11.3 Å². The molecule has 0 heterocycles. The number of nitrogens with zero attached hydrogens (tertiary/aromatic N) is 1. The molecule has 1 amide bonds. The van der Waals surface area contributed by atoms with Gasteiger partial charge in [-0.3, -0.25) is 13.9 Å². The molecule has 2 N–H and O–H groups in total. The van der Waals surface area contributed by atoms with Gasteiger partial charge in [0.15, 0.2) is 0 Å². The first-order valence-corrected chi connectivity index (χ1v) is 9.31. The van der Waals surface area contributed by atoms with E-state index in [1.165, 1.54) is 37.3 Å². The van der Waals surface area contributed by atoms with Crippen molar-refractivity contribution in [3.8, 4) is 0 Å². The highest BCUT2D eigenvalue weighted by Gasteiger charge is 2.28. The van der Waals surface area contributed by atoms with Gasteiger partial charge in [-0.05, 0) is 48.9 Å². The number of rotatable bonds is 6. The predicted molar refractivity (Wildman–Crippen MR) is 99.1 cm³/mol. The molecule has 0 spiro atoms. The number of carbonyl (C=O) groups is 2. The average molecular weight is 397 g/mol. The van der Waals surface area contributed by atoms with Crippen LogP contribution in [-0.4, -0.2) is 31.9 Å². The number of amides is 1. The Balaban J connectivity index is 2.50. The van der Waals surface area contributed by atoms with Crippen LogP contribution in [0.25, 0.3) is 0 Å². The third-order valence-electron chi connectivity index (χ3n) is 3.48. The second kappa shape index (κ2) is 7.76. The fraction of sp³-hybridized carbons (Fsp3) is 0.176. The van der Waals surface area contributed by atoms with Crippen molar-refractivity contribution >= 4 is 44.9 Å². The number of carboxylic acids is 1. The standard InChI is InChI=1S/C17H17ClN2O5S/c1-11-3-4-13(18)9-16(11)20(10-17(22)23)26(24,25)15-7-5-14(6-8-15)19-12(2)21/h3-9H,10H2,1-2H3,(H,19,21)(H,22,23). The minimum atomic E-state index is -4.15. The number of hydrogen-bond acceptors (Lipinski definition) is 4. The molecule has 0 aromatic heterocycles. The second-order valence-electron chi connectivity index (χ2n) is 5.54. The van der Waals surface area contributed by atoms with Crippen molar-refractivity contribution in [2.45, 2.75) is 18.7 Å². The maximum atomic E-state index is 13.0. The van der Waals surface area contributed by atoms with Crippen LogP contribution in [0.3, 0.4) is 0 Å². The van der Waals surface area contributed by atoms with Crippen LogP contribution in [0.1, 0.15) is 12.5 Å². The number of carboxylic acid groups (broad SMARTS) is 1. The Morgan fingerprint density at radius 1 is 1.15 bits per heavy atom. The summed E-state index contributed by atoms with van der Waals surface area (Å²) in [6.07, 6.45) is 0. The predicted octanol–water partition coefficient (Wildman–Crippen LogP) is 2.89. The number of benzene rings is 2. The first kappa shape index (κ1) is 19.7. The number of hydrogen-bond donors (Lipinski definition) is 2. The van der Waals surface area contributed by atoms with Gasteiger partial charge >= 0.3 is 5.97 Å². The highest BCUT2D eigenvalue weighted by molar-refractivity contribution is 7.92. The first-order chi connectivity index (χ1) is 12.1. The molecule has 0 unspecified atom stereocenters. The molecule has 26 heavy (non-hydrogen) atoms. The Kier molecular flexibility index (Phi) is 5.89. The fourth-order valence-electron chi connectivity index (χ4n) is 2.31. The number of nitrogens with one attached hydrogen (secondary N) is 1. The van der Waals surface area contributed by atoms with Crippen LogP contribution in [0.15, 0.2) is 47.4 Å². The lowest BCUT2D eigenvalue weighted by molar-refractivity contribution is -0.135. The molecule has 0 aliphatic carbocycles. The number of halogens is 1. The fourth-order valence-corrected chi connectivity index (χ4v) is 3.95. The van der Waals surface area contributed by atoms with Gasteiger partial charge in [-0.1, -0.05) is 17.7 Å². The lowest BCUT2D eigenvalue weighted by Crippen LogP contribution is -2.36. The van der Waals surface area contributed by atoms with Gasteiger partial charge in [0.1, 0.15) is 6.54 Å². The maximum absolute atomic E-state index is 13.0. The summed E-state index contributed by atoms with van der Waals surface area (Å²) in [4.78, 5) is 22.2. The first-order valence-electron chi connectivity index (χ1n) is 7.49. The van der Waals surface area contributed by atoms with E-state index in [1.807, 2.05) is 0 Å². The van der Waals surface area contributed by atoms with Gasteiger partial charge in [0, 0.05) is 17.6 Å². The lowest BCUT2D eigenvalue weighted by atomic mass is 10.2. The zero-order valence-electron chi connectivity index (χ0n) is 14.1. The molecule has 7 nitrogen and oxygen atoms in total. The van der Waals surface area contributed by atoms with Gasteiger partial charge in [0.2, 0.25) is 5.91 Å². The van der Waals surface area contributed by atoms with E-state index in [4.69, 9.17) is 11.6 Å². The van der Waals surface area contributed by atoms with E-state index in [-0.39, 0.29) is 21.5 Å². The van der Waals surface area contributed by atoms with Crippen molar-refractivity contribution in [3.05, 3.63) is 53.1 Å². The molecule has 9 heteroatoms. The summed E-state index contributed by atoms with van der Waals surface area (Å²) in [7, 11) is -4.15. The molecule has 0 atom stereocenters. The summed E-state index contributed by atoms with van der Waals surface area (Å²) in [6.45, 7) is 2.24. The molecule has 0 bridgehead atoms. The summed E-state index contributed by atoms with van der Waals surface area (Å²) >= 11 is 5.95. The Morgan fingerprint density at radius 3 is 2.31 bits per heavy atom. The monoisotopic (exact) mass is 396 g/mol. The van der Waals surface area contributed by atoms with Crippen LogP contribution in [0.5, 0.6) is 0 Å². The smallest absolute Gasteiger partial charge is 0.324 e. The minimum Gasteiger partial charge on any atom is -0.480 e. The maximum Gasteiger partial charge on any atom is 0.324 e. The molecule has 0 radical (unpaired) electrons. The molecule has 138 valence electrons. The van der Waals surface area contributed by atoms with Crippen LogP contribution >= 0.6 is 11.6 Å². The van der Waals surface area contributed by atoms with Gasteiger partial charge in [-0.25, -0.2) is 8.42 Å². The van der Waals surface area contributed by atoms with Crippen LogP contribution in [0, 0.1) is 6.92 Å². The van der Waals surface area contributed by atoms with E-state index in [2.05, 4.69) is 5.32 Å². The van der Waals surface area contributed by atoms with E-state index >= 15 is 0 Å². The summed E-state index contributed by atoms with van der Waals surface area (Å²) < 4.78 is 26.8. The highest BCUT2D eigenvalue weighted by atomic mass is 35.5. The van der Waals surface area contributed by atoms with Crippen molar-refractivity contribution in [3.63, 3.8) is 0 Å². The van der Waals surface area contributed by atoms with Gasteiger partial charge in [-0.2, -0.15) is 0 Å². The molecule has 2 aromatic rings. The van der Waals surface area contributed by atoms with Crippen LogP contribution in [0.2, 0.25) is 5.02 Å². The number of anilines is 2. The van der Waals surface area contributed by atoms with Crippen LogP contribution in [-0.2, 0) is 19.6 Å². The van der Waals surface area contributed by atoms with E-state index in [1.54, 1.807) is 19.1 Å². The molecule has 2 aromatic carbocycles. The van der Waals surface area contributed by atoms with Crippen molar-refractivity contribution in [2.75, 3.05) is 16.2 Å². The van der Waals surface area contributed by atoms with Crippen molar-refractivity contribution in [2.24, 2.45) is 0 Å². The van der Waals surface area contributed by atoms with Crippen LogP contribution < -0.4 is 9.62 Å². The summed E-state index contributed by atoms with van der Waals surface area (Å²) in [5.74, 6) is -1.59. The normalized spacial score (nSPS) is 11.0. The molecular formula is C17H17ClN2O5S. The Bertz CT molecular complexity index is 942. The van der Waals surface area contributed by atoms with Crippen molar-refractivity contribution < 1.29 is 23.1 Å². The number of aliphatic carboxylic acids is 1. The number of sulfonamides is 1. The SMILES string of the molecule is CC(=O)Nc1ccc(S(=O)(=O)N(CC(=O)O)c2cc(Cl)ccc2C)cc1. The summed E-state index contributed by atoms with van der Waals surface area (Å²) in [5, 5.41) is 12.0. The molecular weight excluding hydrogens is 380 g/mol. The largest absolute Gasteiger partial charge is 0.480 e. The van der Waals surface area contributed by atoms with Crippen LogP contribution in [0.4, 0.5) is 11.4 Å². The minimum absolute atomic E-state index is 0.104. The molecule has 2 rings (SSSR count). The lowest BCUT2D eigenvalue weighted by Gasteiger charge is -2.24. The van der Waals surface area contributed by atoms with Crippen molar-refractivity contribution in [1.29, 1.82) is 0 Å². The summed E-state index contributed by atoms with van der Waals surface area (Å²) in [6, 6.07) is 10.1. The molecule has 0 fully saturated rings. The van der Waals surface area contributed by atoms with Gasteiger partial charge < -0.3 is 10.4 Å². The molecule has 0 aliphatic heterocycles. The van der Waals surface area contributed by atoms with Crippen molar-refractivity contribution in [1.82, 2.24) is 0 Å². The molecule has 0 saturated carbocycles. The average Bonchev–Trinajstić information content (AvgIpc) is 2.55. The molecule has 0 saturated heterocycles. The Hall–Kier alpha value is -2.58. The second-order valence-corrected chi connectivity index (χ2v) is 7.84. The zero-order chi connectivity index (χ0) is 19.5. The zero-order valence-corrected chi connectivity index (χ0v) is 15.6.